The number of para-hydroxylation sites is 2. The molecule has 0 radical (unpaired) electrons. The van der Waals surface area contributed by atoms with Gasteiger partial charge < -0.3 is 4.57 Å². The van der Waals surface area contributed by atoms with E-state index in [2.05, 4.69) is 162 Å². The fraction of sp³-hybridized carbons (Fsp3) is 0. The van der Waals surface area contributed by atoms with Gasteiger partial charge in [-0.15, -0.1) is 0 Å². The fourth-order valence-electron chi connectivity index (χ4n) is 7.37. The molecule has 0 amide bonds. The summed E-state index contributed by atoms with van der Waals surface area (Å²) in [5.41, 5.74) is 8.85. The molecule has 7 aromatic carbocycles. The predicted molar refractivity (Wildman–Crippen MR) is 206 cm³/mol. The summed E-state index contributed by atoms with van der Waals surface area (Å²) in [5, 5.41) is 2.35. The minimum Gasteiger partial charge on any atom is -0.309 e. The van der Waals surface area contributed by atoms with Gasteiger partial charge in [0.2, 0.25) is 0 Å². The average Bonchev–Trinajstić information content (AvgIpc) is 3.71. The molecule has 1 aliphatic rings. The van der Waals surface area contributed by atoms with Gasteiger partial charge in [-0.1, -0.05) is 115 Å². The van der Waals surface area contributed by atoms with Crippen molar-refractivity contribution in [2.24, 2.45) is 0 Å². The highest BCUT2D eigenvalue weighted by Gasteiger charge is 2.30. The summed E-state index contributed by atoms with van der Waals surface area (Å²) < 4.78 is 2.33. The second kappa shape index (κ2) is 11.7. The van der Waals surface area contributed by atoms with Crippen molar-refractivity contribution in [1.29, 1.82) is 0 Å². The van der Waals surface area contributed by atoms with Crippen LogP contribution in [0.1, 0.15) is 0 Å². The number of aromatic nitrogens is 4. The quantitative estimate of drug-likeness (QED) is 0.187. The first-order chi connectivity index (χ1) is 24.8. The van der Waals surface area contributed by atoms with Crippen LogP contribution in [-0.4, -0.2) is 19.5 Å². The summed E-state index contributed by atoms with van der Waals surface area (Å²) >= 11 is 0. The van der Waals surface area contributed by atoms with E-state index in [0.717, 1.165) is 33.3 Å². The van der Waals surface area contributed by atoms with Crippen molar-refractivity contribution in [2.75, 3.05) is 0 Å². The second-order valence-electron chi connectivity index (χ2n) is 12.5. The maximum atomic E-state index is 5.28. The van der Waals surface area contributed by atoms with E-state index in [-0.39, 0.29) is 0 Å². The lowest BCUT2D eigenvalue weighted by Crippen LogP contribution is -2.01. The summed E-state index contributed by atoms with van der Waals surface area (Å²) in [6.07, 6.45) is 0. The van der Waals surface area contributed by atoms with Crippen molar-refractivity contribution in [2.45, 2.75) is 14.7 Å². The zero-order valence-corrected chi connectivity index (χ0v) is 27.9. The van der Waals surface area contributed by atoms with Crippen LogP contribution in [0.2, 0.25) is 0 Å². The minimum absolute atomic E-state index is 0.654. The van der Waals surface area contributed by atoms with Crippen LogP contribution in [0.5, 0.6) is 0 Å². The Bertz CT molecular complexity index is 2700. The van der Waals surface area contributed by atoms with E-state index < -0.39 is 10.9 Å². The van der Waals surface area contributed by atoms with Gasteiger partial charge in [0.1, 0.15) is 0 Å². The molecule has 0 aliphatic carbocycles. The lowest BCUT2D eigenvalue weighted by molar-refractivity contribution is 1.07. The molecule has 4 nitrogen and oxygen atoms in total. The SMILES string of the molecule is c1ccc(-c2nc(-c3ccc4c(c3)c3ccccc3n4-c3ccccc3)nc(-c3cccc4c3-c3ccccc3[SH]4c3ccccc3)n2)cc1. The lowest BCUT2D eigenvalue weighted by atomic mass is 9.99. The van der Waals surface area contributed by atoms with Gasteiger partial charge in [-0.05, 0) is 71.1 Å². The van der Waals surface area contributed by atoms with E-state index in [9.17, 15) is 0 Å². The molecule has 0 fully saturated rings. The molecule has 0 bridgehead atoms. The highest BCUT2D eigenvalue weighted by atomic mass is 32.2. The third-order valence-electron chi connectivity index (χ3n) is 9.57. The zero-order chi connectivity index (χ0) is 33.0. The van der Waals surface area contributed by atoms with E-state index >= 15 is 0 Å². The van der Waals surface area contributed by atoms with Crippen molar-refractivity contribution in [3.63, 3.8) is 0 Å². The number of benzene rings is 7. The van der Waals surface area contributed by atoms with E-state index in [4.69, 9.17) is 15.0 Å². The molecule has 236 valence electrons. The zero-order valence-electron chi connectivity index (χ0n) is 27.0. The van der Waals surface area contributed by atoms with Crippen molar-refractivity contribution in [3.8, 4) is 51.0 Å². The number of hydrogen-bond donors (Lipinski definition) is 1. The molecule has 9 aromatic rings. The Morgan fingerprint density at radius 2 is 1.00 bits per heavy atom. The number of thiol groups is 1. The van der Waals surface area contributed by atoms with Crippen molar-refractivity contribution in [3.05, 3.63) is 176 Å². The molecule has 3 heterocycles. The molecule has 10 rings (SSSR count). The van der Waals surface area contributed by atoms with Gasteiger partial charge in [0.05, 0.1) is 11.0 Å². The Labute approximate surface area is 292 Å². The number of fused-ring (bicyclic) bond motifs is 6. The van der Waals surface area contributed by atoms with Gasteiger partial charge in [-0.2, -0.15) is 10.9 Å². The predicted octanol–water partition coefficient (Wildman–Crippen LogP) is 11.4. The van der Waals surface area contributed by atoms with Crippen molar-refractivity contribution in [1.82, 2.24) is 19.5 Å². The van der Waals surface area contributed by atoms with Crippen LogP contribution in [0.25, 0.3) is 72.8 Å². The second-order valence-corrected chi connectivity index (χ2v) is 14.6. The first kappa shape index (κ1) is 28.7. The summed E-state index contributed by atoms with van der Waals surface area (Å²) in [6, 6.07) is 62.3. The first-order valence-corrected chi connectivity index (χ1v) is 18.1. The van der Waals surface area contributed by atoms with E-state index in [1.165, 1.54) is 36.7 Å². The molecule has 2 aromatic heterocycles. The maximum Gasteiger partial charge on any atom is 0.164 e. The highest BCUT2D eigenvalue weighted by molar-refractivity contribution is 8.17. The summed E-state index contributed by atoms with van der Waals surface area (Å²) in [6.45, 7) is 0. The van der Waals surface area contributed by atoms with Crippen LogP contribution in [-0.2, 0) is 0 Å². The third-order valence-corrected chi connectivity index (χ3v) is 12.1. The molecule has 0 spiro atoms. The molecule has 1 unspecified atom stereocenters. The molecule has 1 atom stereocenters. The number of rotatable bonds is 5. The van der Waals surface area contributed by atoms with Crippen LogP contribution in [0.15, 0.2) is 191 Å². The van der Waals surface area contributed by atoms with E-state index in [0.29, 0.717) is 17.5 Å². The average molecular weight is 659 g/mol. The van der Waals surface area contributed by atoms with Crippen molar-refractivity contribution >= 4 is 32.7 Å². The highest BCUT2D eigenvalue weighted by Crippen LogP contribution is 2.63. The molecule has 5 heteroatoms. The molecular weight excluding hydrogens is 629 g/mol. The fourth-order valence-corrected chi connectivity index (χ4v) is 10.0. The van der Waals surface area contributed by atoms with Crippen LogP contribution in [0, 0.1) is 0 Å². The van der Waals surface area contributed by atoms with Gasteiger partial charge in [-0.3, -0.25) is 0 Å². The smallest absolute Gasteiger partial charge is 0.164 e. The maximum absolute atomic E-state index is 5.28. The molecule has 0 saturated heterocycles. The van der Waals surface area contributed by atoms with Crippen LogP contribution >= 0.6 is 10.9 Å². The topological polar surface area (TPSA) is 43.6 Å². The van der Waals surface area contributed by atoms with E-state index in [1.54, 1.807) is 0 Å². The normalized spacial score (nSPS) is 14.1. The molecule has 0 saturated carbocycles. The molecular formula is C45H30N4S. The summed E-state index contributed by atoms with van der Waals surface area (Å²) in [7, 11) is -0.709. The standard InChI is InChI=1S/C45H30N4S/c1-4-15-30(16-5-1)43-46-44(31-27-28-39-37(29-31)34-21-10-12-24-38(34)49(39)32-17-6-2-7-18-32)48-45(47-43)36-23-14-26-41-42(36)35-22-11-13-25-40(35)50(41)33-19-8-3-9-20-33/h1-29,50H. The summed E-state index contributed by atoms with van der Waals surface area (Å²) in [5.74, 6) is 1.99. The van der Waals surface area contributed by atoms with Gasteiger partial charge in [-0.25, -0.2) is 15.0 Å². The largest absolute Gasteiger partial charge is 0.309 e. The Morgan fingerprint density at radius 3 is 1.82 bits per heavy atom. The lowest BCUT2D eigenvalue weighted by Gasteiger charge is -2.19. The van der Waals surface area contributed by atoms with Crippen LogP contribution < -0.4 is 0 Å². The molecule has 50 heavy (non-hydrogen) atoms. The molecule has 1 aliphatic heterocycles. The van der Waals surface area contributed by atoms with Gasteiger partial charge >= 0.3 is 0 Å². The van der Waals surface area contributed by atoms with Crippen LogP contribution in [0.3, 0.4) is 0 Å². The monoisotopic (exact) mass is 658 g/mol. The van der Waals surface area contributed by atoms with Gasteiger partial charge in [0.25, 0.3) is 0 Å². The Kier molecular flexibility index (Phi) is 6.71. The Hall–Kier alpha value is -6.30. The van der Waals surface area contributed by atoms with Crippen LogP contribution in [0.4, 0.5) is 0 Å². The number of hydrogen-bond acceptors (Lipinski definition) is 3. The van der Waals surface area contributed by atoms with Gasteiger partial charge in [0.15, 0.2) is 17.5 Å². The third kappa shape index (κ3) is 4.59. The first-order valence-electron chi connectivity index (χ1n) is 16.8. The Balaban J connectivity index is 1.20. The van der Waals surface area contributed by atoms with Crippen molar-refractivity contribution < 1.29 is 0 Å². The van der Waals surface area contributed by atoms with Gasteiger partial charge in [0, 0.05) is 48.5 Å². The minimum atomic E-state index is -0.709. The van der Waals surface area contributed by atoms with E-state index in [1.807, 2.05) is 18.2 Å². The molecule has 0 N–H and O–H groups in total. The summed E-state index contributed by atoms with van der Waals surface area (Å²) in [4.78, 5) is 19.6. The Morgan fingerprint density at radius 1 is 0.400 bits per heavy atom. The number of nitrogens with zero attached hydrogens (tertiary/aromatic N) is 4.